The van der Waals surface area contributed by atoms with Crippen LogP contribution >= 0.6 is 0 Å². The Morgan fingerprint density at radius 1 is 0.158 bits per heavy atom. The third kappa shape index (κ3) is 9.72. The first-order valence-electron chi connectivity index (χ1n) is 27.6. The number of rotatable bonds is 4. The maximum Gasteiger partial charge on any atom is -0.00201 e. The zero-order valence-electron chi connectivity index (χ0n) is 45.4. The van der Waals surface area contributed by atoms with Crippen LogP contribution in [0.15, 0.2) is 267 Å². The fourth-order valence-electron chi connectivity index (χ4n) is 11.1. The van der Waals surface area contributed by atoms with Crippen LogP contribution in [0.1, 0.15) is 55.4 Å². The number of hydrogen-bond acceptors (Lipinski definition) is 0. The average Bonchev–Trinajstić information content (AvgIpc) is 3.59. The summed E-state index contributed by atoms with van der Waals surface area (Å²) in [5, 5.41) is 20.6. The van der Waals surface area contributed by atoms with Crippen molar-refractivity contribution >= 4 is 86.2 Å². The molecule has 0 amide bonds. The minimum absolute atomic E-state index is 1.26. The Hall–Kier alpha value is -8.84. The summed E-state index contributed by atoms with van der Waals surface area (Å²) in [6.45, 7) is 16.0. The van der Waals surface area contributed by atoms with E-state index in [2.05, 4.69) is 267 Å². The first-order valence-corrected chi connectivity index (χ1v) is 27.6. The van der Waals surface area contributed by atoms with E-state index in [1.807, 2.05) is 55.4 Å². The summed E-state index contributed by atoms with van der Waals surface area (Å²) >= 11 is 0. The average molecular weight is 981 g/mol. The van der Waals surface area contributed by atoms with Gasteiger partial charge in [-0.1, -0.05) is 316 Å². The lowest BCUT2D eigenvalue weighted by atomic mass is 9.84. The van der Waals surface area contributed by atoms with Crippen LogP contribution in [-0.4, -0.2) is 0 Å². The minimum atomic E-state index is 1.26. The molecular formula is C76H68. The molecule has 0 bridgehead atoms. The Morgan fingerprint density at radius 3 is 0.684 bits per heavy atom. The van der Waals surface area contributed by atoms with Gasteiger partial charge in [-0.2, -0.15) is 0 Å². The standard InChI is InChI=1S/2C34H22.4C2H6/c1-3-15-25-23(11-1)13-9-21-27(25)33-29-17-5-7-19-31(29)34(32-20-8-6-18-30(32)33)28-22-10-14-24-12-2-4-16-26(24)28;1-2-12-25-22-26(21-20-23(25)10-1)33-29-15-5-7-17-31(29)34(32-18-8-6-16-30(32)33)28-19-9-13-24-11-3-4-14-27(24)28;4*1-2/h2*1-22H;4*1-2H3. The van der Waals surface area contributed by atoms with Crippen molar-refractivity contribution in [2.45, 2.75) is 55.4 Å². The number of hydrogen-bond donors (Lipinski definition) is 0. The van der Waals surface area contributed by atoms with Crippen LogP contribution in [0.4, 0.5) is 0 Å². The summed E-state index contributed by atoms with van der Waals surface area (Å²) in [7, 11) is 0. The molecule has 14 rings (SSSR count). The van der Waals surface area contributed by atoms with Gasteiger partial charge in [-0.05, 0) is 137 Å². The second-order valence-corrected chi connectivity index (χ2v) is 17.8. The molecule has 0 aromatic heterocycles. The van der Waals surface area contributed by atoms with Gasteiger partial charge in [0.1, 0.15) is 0 Å². The molecule has 0 fully saturated rings. The Labute approximate surface area is 450 Å². The van der Waals surface area contributed by atoms with E-state index in [-0.39, 0.29) is 0 Å². The molecule has 0 spiro atoms. The van der Waals surface area contributed by atoms with Crippen molar-refractivity contribution in [3.8, 4) is 44.5 Å². The Kier molecular flexibility index (Phi) is 16.7. The predicted molar refractivity (Wildman–Crippen MR) is 340 cm³/mol. The van der Waals surface area contributed by atoms with E-state index >= 15 is 0 Å². The second kappa shape index (κ2) is 24.5. The SMILES string of the molecule is CC.CC.CC.CC.c1ccc2c(-c3c4ccccc4c(-c4cccc5ccccc45)c4ccccc34)cccc2c1.c1ccc2cc(-c3c4ccccc4c(-c4cccc5ccccc45)c4ccccc34)ccc2c1. The van der Waals surface area contributed by atoms with Gasteiger partial charge in [0.25, 0.3) is 0 Å². The fraction of sp³-hybridized carbons (Fsp3) is 0.105. The Morgan fingerprint density at radius 2 is 0.382 bits per heavy atom. The maximum absolute atomic E-state index is 2.33. The zero-order chi connectivity index (χ0) is 53.0. The predicted octanol–water partition coefficient (Wildman–Crippen LogP) is 23.4. The van der Waals surface area contributed by atoms with Crippen molar-refractivity contribution in [1.82, 2.24) is 0 Å². The molecule has 0 unspecified atom stereocenters. The van der Waals surface area contributed by atoms with Crippen LogP contribution in [0.5, 0.6) is 0 Å². The van der Waals surface area contributed by atoms with Gasteiger partial charge < -0.3 is 0 Å². The van der Waals surface area contributed by atoms with Crippen molar-refractivity contribution in [3.63, 3.8) is 0 Å². The normalized spacial score (nSPS) is 10.6. The molecule has 76 heavy (non-hydrogen) atoms. The van der Waals surface area contributed by atoms with Crippen LogP contribution in [0, 0.1) is 0 Å². The lowest BCUT2D eigenvalue weighted by Crippen LogP contribution is -1.92. The third-order valence-corrected chi connectivity index (χ3v) is 14.1. The van der Waals surface area contributed by atoms with Crippen LogP contribution in [-0.2, 0) is 0 Å². The number of fused-ring (bicyclic) bond motifs is 8. The molecule has 0 heteroatoms. The van der Waals surface area contributed by atoms with Crippen molar-refractivity contribution in [2.24, 2.45) is 0 Å². The smallest absolute Gasteiger partial charge is 0.00201 e. The van der Waals surface area contributed by atoms with Gasteiger partial charge in [-0.15, -0.1) is 0 Å². The van der Waals surface area contributed by atoms with Crippen LogP contribution in [0.25, 0.3) is 131 Å². The molecule has 14 aromatic carbocycles. The molecule has 0 atom stereocenters. The molecule has 0 radical (unpaired) electrons. The quantitative estimate of drug-likeness (QED) is 0.154. The molecular weight excluding hydrogens is 913 g/mol. The first-order chi connectivity index (χ1) is 37.8. The first kappa shape index (κ1) is 52.0. The van der Waals surface area contributed by atoms with Crippen molar-refractivity contribution in [1.29, 1.82) is 0 Å². The van der Waals surface area contributed by atoms with E-state index in [1.165, 1.54) is 131 Å². The van der Waals surface area contributed by atoms with Crippen LogP contribution in [0.3, 0.4) is 0 Å². The number of benzene rings is 14. The van der Waals surface area contributed by atoms with Gasteiger partial charge in [-0.25, -0.2) is 0 Å². The molecule has 14 aromatic rings. The zero-order valence-corrected chi connectivity index (χ0v) is 45.4. The van der Waals surface area contributed by atoms with Crippen molar-refractivity contribution in [2.75, 3.05) is 0 Å². The van der Waals surface area contributed by atoms with E-state index in [0.29, 0.717) is 0 Å². The third-order valence-electron chi connectivity index (χ3n) is 14.1. The van der Waals surface area contributed by atoms with E-state index in [0.717, 1.165) is 0 Å². The lowest BCUT2D eigenvalue weighted by Gasteiger charge is -2.19. The molecule has 0 saturated carbocycles. The highest BCUT2D eigenvalue weighted by atomic mass is 14.2. The van der Waals surface area contributed by atoms with E-state index in [9.17, 15) is 0 Å². The summed E-state index contributed by atoms with van der Waals surface area (Å²) < 4.78 is 0. The summed E-state index contributed by atoms with van der Waals surface area (Å²) in [6, 6.07) is 97.1. The Balaban J connectivity index is 0.000000165. The van der Waals surface area contributed by atoms with Gasteiger partial charge in [0.05, 0.1) is 0 Å². The van der Waals surface area contributed by atoms with Gasteiger partial charge in [0.15, 0.2) is 0 Å². The molecule has 0 nitrogen and oxygen atoms in total. The topological polar surface area (TPSA) is 0 Å². The highest BCUT2D eigenvalue weighted by Gasteiger charge is 2.20. The van der Waals surface area contributed by atoms with Gasteiger partial charge >= 0.3 is 0 Å². The minimum Gasteiger partial charge on any atom is -0.0683 e. The summed E-state index contributed by atoms with van der Waals surface area (Å²) in [5.74, 6) is 0. The molecule has 372 valence electrons. The largest absolute Gasteiger partial charge is 0.0683 e. The fourth-order valence-corrected chi connectivity index (χ4v) is 11.1. The van der Waals surface area contributed by atoms with Crippen LogP contribution < -0.4 is 0 Å². The van der Waals surface area contributed by atoms with Gasteiger partial charge in [0.2, 0.25) is 0 Å². The van der Waals surface area contributed by atoms with E-state index in [4.69, 9.17) is 0 Å². The van der Waals surface area contributed by atoms with Crippen molar-refractivity contribution in [3.05, 3.63) is 267 Å². The van der Waals surface area contributed by atoms with Crippen LogP contribution in [0.2, 0.25) is 0 Å². The highest BCUT2D eigenvalue weighted by Crippen LogP contribution is 2.48. The Bertz CT molecular complexity index is 3990. The summed E-state index contributed by atoms with van der Waals surface area (Å²) in [5.41, 5.74) is 10.4. The summed E-state index contributed by atoms with van der Waals surface area (Å²) in [6.07, 6.45) is 0. The monoisotopic (exact) mass is 981 g/mol. The molecule has 0 aliphatic rings. The summed E-state index contributed by atoms with van der Waals surface area (Å²) in [4.78, 5) is 0. The molecule has 0 aliphatic heterocycles. The molecule has 0 aliphatic carbocycles. The molecule has 0 heterocycles. The van der Waals surface area contributed by atoms with E-state index in [1.54, 1.807) is 0 Å². The lowest BCUT2D eigenvalue weighted by molar-refractivity contribution is 1.50. The van der Waals surface area contributed by atoms with Gasteiger partial charge in [-0.3, -0.25) is 0 Å². The van der Waals surface area contributed by atoms with Crippen molar-refractivity contribution < 1.29 is 0 Å². The molecule has 0 N–H and O–H groups in total. The maximum atomic E-state index is 2.33. The molecule has 0 saturated heterocycles. The second-order valence-electron chi connectivity index (χ2n) is 17.8. The van der Waals surface area contributed by atoms with E-state index < -0.39 is 0 Å². The van der Waals surface area contributed by atoms with Gasteiger partial charge in [0, 0.05) is 0 Å². The highest BCUT2D eigenvalue weighted by molar-refractivity contribution is 6.26.